The topological polar surface area (TPSA) is 48.3 Å². The van der Waals surface area contributed by atoms with Crippen LogP contribution in [0.2, 0.25) is 0 Å². The fraction of sp³-hybridized carbons (Fsp3) is 0.667. The van der Waals surface area contributed by atoms with Gasteiger partial charge >= 0.3 is 0 Å². The van der Waals surface area contributed by atoms with Crippen molar-refractivity contribution in [2.24, 2.45) is 7.05 Å². The Kier molecular flexibility index (Phi) is 4.06. The summed E-state index contributed by atoms with van der Waals surface area (Å²) < 4.78 is 12.1. The van der Waals surface area contributed by atoms with Crippen LogP contribution in [0.25, 0.3) is 0 Å². The fourth-order valence-electron chi connectivity index (χ4n) is 1.39. The third kappa shape index (κ3) is 2.31. The van der Waals surface area contributed by atoms with Gasteiger partial charge in [-0.2, -0.15) is 5.10 Å². The predicted molar refractivity (Wildman–Crippen MR) is 52.8 cm³/mol. The molecule has 0 spiro atoms. The highest BCUT2D eigenvalue weighted by atomic mass is 16.7. The fourth-order valence-corrected chi connectivity index (χ4v) is 1.39. The molecule has 0 saturated carbocycles. The molecule has 14 heavy (non-hydrogen) atoms. The van der Waals surface area contributed by atoms with Crippen LogP contribution in [0.5, 0.6) is 0 Å². The molecule has 1 atom stereocenters. The van der Waals surface area contributed by atoms with Gasteiger partial charge in [0, 0.05) is 27.5 Å². The number of rotatable bonds is 5. The number of nitrogens with zero attached hydrogens (tertiary/aromatic N) is 2. The van der Waals surface area contributed by atoms with Crippen LogP contribution < -0.4 is 5.32 Å². The third-order valence-corrected chi connectivity index (χ3v) is 2.10. The average molecular weight is 199 g/mol. The summed E-state index contributed by atoms with van der Waals surface area (Å²) >= 11 is 0. The molecule has 80 valence electrons. The van der Waals surface area contributed by atoms with Crippen molar-refractivity contribution in [2.45, 2.75) is 12.3 Å². The Bertz CT molecular complexity index is 271. The van der Waals surface area contributed by atoms with E-state index < -0.39 is 0 Å². The largest absolute Gasteiger partial charge is 0.354 e. The van der Waals surface area contributed by atoms with Crippen molar-refractivity contribution in [3.8, 4) is 0 Å². The minimum atomic E-state index is -0.324. The van der Waals surface area contributed by atoms with Crippen LogP contribution in [0.15, 0.2) is 12.3 Å². The van der Waals surface area contributed by atoms with Gasteiger partial charge in [0.2, 0.25) is 0 Å². The molecule has 0 saturated heterocycles. The van der Waals surface area contributed by atoms with E-state index in [0.29, 0.717) is 0 Å². The second-order valence-corrected chi connectivity index (χ2v) is 3.02. The van der Waals surface area contributed by atoms with E-state index in [1.165, 1.54) is 0 Å². The Labute approximate surface area is 84.0 Å². The number of nitrogens with one attached hydrogen (secondary N) is 1. The zero-order valence-electron chi connectivity index (χ0n) is 9.02. The number of methoxy groups -OCH3 is 2. The maximum atomic E-state index is 5.18. The molecule has 0 aliphatic rings. The van der Waals surface area contributed by atoms with E-state index in [-0.39, 0.29) is 12.3 Å². The maximum absolute atomic E-state index is 5.18. The van der Waals surface area contributed by atoms with Crippen LogP contribution in [0.3, 0.4) is 0 Å². The van der Waals surface area contributed by atoms with Crippen LogP contribution in [0.4, 0.5) is 0 Å². The summed E-state index contributed by atoms with van der Waals surface area (Å²) in [5, 5.41) is 7.40. The molecule has 1 aromatic heterocycles. The van der Waals surface area contributed by atoms with Crippen LogP contribution in [0, 0.1) is 0 Å². The number of aromatic nitrogens is 2. The number of aryl methyl sites for hydroxylation is 1. The van der Waals surface area contributed by atoms with Crippen molar-refractivity contribution in [1.29, 1.82) is 0 Å². The molecule has 0 radical (unpaired) electrons. The zero-order chi connectivity index (χ0) is 10.6. The molecule has 0 aliphatic heterocycles. The molecular weight excluding hydrogens is 182 g/mol. The first-order chi connectivity index (χ1) is 6.72. The number of ether oxygens (including phenoxy) is 2. The molecule has 1 rings (SSSR count). The van der Waals surface area contributed by atoms with Crippen molar-refractivity contribution >= 4 is 0 Å². The van der Waals surface area contributed by atoms with E-state index in [0.717, 1.165) is 5.69 Å². The summed E-state index contributed by atoms with van der Waals surface area (Å²) in [5.41, 5.74) is 0.906. The van der Waals surface area contributed by atoms with Crippen molar-refractivity contribution in [3.05, 3.63) is 18.0 Å². The van der Waals surface area contributed by atoms with E-state index in [2.05, 4.69) is 10.4 Å². The van der Waals surface area contributed by atoms with Crippen molar-refractivity contribution in [1.82, 2.24) is 15.1 Å². The van der Waals surface area contributed by atoms with Gasteiger partial charge in [-0.15, -0.1) is 0 Å². The minimum absolute atomic E-state index is 0.0498. The van der Waals surface area contributed by atoms with Gasteiger partial charge in [-0.3, -0.25) is 4.68 Å². The number of hydrogen-bond acceptors (Lipinski definition) is 4. The van der Waals surface area contributed by atoms with Crippen LogP contribution in [-0.4, -0.2) is 37.3 Å². The highest BCUT2D eigenvalue weighted by Gasteiger charge is 2.22. The predicted octanol–water partition coefficient (Wildman–Crippen LogP) is 0.299. The first-order valence-corrected chi connectivity index (χ1v) is 4.45. The van der Waals surface area contributed by atoms with E-state index in [9.17, 15) is 0 Å². The quantitative estimate of drug-likeness (QED) is 0.693. The summed E-state index contributed by atoms with van der Waals surface area (Å²) in [5.74, 6) is 0. The SMILES string of the molecule is CNC(c1ccn(C)n1)C(OC)OC. The molecule has 5 heteroatoms. The summed E-state index contributed by atoms with van der Waals surface area (Å²) in [7, 11) is 6.96. The van der Waals surface area contributed by atoms with E-state index in [1.54, 1.807) is 18.9 Å². The maximum Gasteiger partial charge on any atom is 0.177 e. The van der Waals surface area contributed by atoms with Gasteiger partial charge in [0.1, 0.15) is 6.04 Å². The van der Waals surface area contributed by atoms with Gasteiger partial charge in [0.15, 0.2) is 6.29 Å². The highest BCUT2D eigenvalue weighted by Crippen LogP contribution is 2.16. The molecule has 0 aromatic carbocycles. The van der Waals surface area contributed by atoms with Gasteiger partial charge in [-0.1, -0.05) is 0 Å². The smallest absolute Gasteiger partial charge is 0.177 e. The second kappa shape index (κ2) is 5.09. The van der Waals surface area contributed by atoms with E-state index >= 15 is 0 Å². The lowest BCUT2D eigenvalue weighted by molar-refractivity contribution is -0.123. The second-order valence-electron chi connectivity index (χ2n) is 3.02. The summed E-state index contributed by atoms with van der Waals surface area (Å²) in [4.78, 5) is 0. The molecular formula is C9H17N3O2. The van der Waals surface area contributed by atoms with Crippen LogP contribution >= 0.6 is 0 Å². The summed E-state index contributed by atoms with van der Waals surface area (Å²) in [6.45, 7) is 0. The average Bonchev–Trinajstić information content (AvgIpc) is 2.60. The van der Waals surface area contributed by atoms with Gasteiger partial charge in [0.05, 0.1) is 5.69 Å². The molecule has 0 fully saturated rings. The van der Waals surface area contributed by atoms with Gasteiger partial charge in [-0.05, 0) is 13.1 Å². The number of hydrogen-bond donors (Lipinski definition) is 1. The molecule has 0 amide bonds. The van der Waals surface area contributed by atoms with Gasteiger partial charge in [0.25, 0.3) is 0 Å². The zero-order valence-corrected chi connectivity index (χ0v) is 9.02. The molecule has 1 unspecified atom stereocenters. The van der Waals surface area contributed by atoms with E-state index in [1.807, 2.05) is 26.4 Å². The molecule has 1 aromatic rings. The van der Waals surface area contributed by atoms with Crippen molar-refractivity contribution in [2.75, 3.05) is 21.3 Å². The summed E-state index contributed by atoms with van der Waals surface area (Å²) in [6, 6.07) is 1.89. The molecule has 0 bridgehead atoms. The molecule has 1 heterocycles. The van der Waals surface area contributed by atoms with Crippen LogP contribution in [-0.2, 0) is 16.5 Å². The Hall–Kier alpha value is -0.910. The van der Waals surface area contributed by atoms with Gasteiger partial charge in [-0.25, -0.2) is 0 Å². The highest BCUT2D eigenvalue weighted by molar-refractivity contribution is 5.06. The third-order valence-electron chi connectivity index (χ3n) is 2.10. The Morgan fingerprint density at radius 1 is 1.43 bits per heavy atom. The lowest BCUT2D eigenvalue weighted by atomic mass is 10.2. The molecule has 5 nitrogen and oxygen atoms in total. The first-order valence-electron chi connectivity index (χ1n) is 4.45. The summed E-state index contributed by atoms with van der Waals surface area (Å²) in [6.07, 6.45) is 1.57. The number of likely N-dealkylation sites (N-methyl/N-ethyl adjacent to an activating group) is 1. The molecule has 1 N–H and O–H groups in total. The Morgan fingerprint density at radius 2 is 2.07 bits per heavy atom. The minimum Gasteiger partial charge on any atom is -0.354 e. The van der Waals surface area contributed by atoms with Crippen LogP contribution in [0.1, 0.15) is 11.7 Å². The van der Waals surface area contributed by atoms with E-state index in [4.69, 9.17) is 9.47 Å². The standard InChI is InChI=1S/C9H17N3O2/c1-10-8(9(13-3)14-4)7-5-6-12(2)11-7/h5-6,8-10H,1-4H3. The first kappa shape index (κ1) is 11.2. The lowest BCUT2D eigenvalue weighted by Gasteiger charge is -2.22. The molecule has 0 aliphatic carbocycles. The normalized spacial score (nSPS) is 13.5. The van der Waals surface area contributed by atoms with Crippen molar-refractivity contribution < 1.29 is 9.47 Å². The lowest BCUT2D eigenvalue weighted by Crippen LogP contribution is -2.32. The van der Waals surface area contributed by atoms with Crippen molar-refractivity contribution in [3.63, 3.8) is 0 Å². The Balaban J connectivity index is 2.80. The monoisotopic (exact) mass is 199 g/mol. The Morgan fingerprint density at radius 3 is 2.43 bits per heavy atom. The van der Waals surface area contributed by atoms with Gasteiger partial charge < -0.3 is 14.8 Å².